The van der Waals surface area contributed by atoms with Crippen LogP contribution < -0.4 is 5.32 Å². The zero-order valence-electron chi connectivity index (χ0n) is 31.0. The molecule has 57 heavy (non-hydrogen) atoms. The van der Waals surface area contributed by atoms with Crippen LogP contribution in [0, 0.1) is 0 Å². The number of fused-ring (bicyclic) bond motifs is 1. The predicted molar refractivity (Wildman–Crippen MR) is 219 cm³/mol. The van der Waals surface area contributed by atoms with Gasteiger partial charge in [-0.1, -0.05) is 182 Å². The average Bonchev–Trinajstić information content (AvgIpc) is 3.85. The van der Waals surface area contributed by atoms with Crippen LogP contribution in [0.5, 0.6) is 0 Å². The summed E-state index contributed by atoms with van der Waals surface area (Å²) in [5.41, 5.74) is 4.79. The lowest BCUT2D eigenvalue weighted by Gasteiger charge is -2.37. The van der Waals surface area contributed by atoms with Gasteiger partial charge in [0, 0.05) is 0 Å². The molecule has 1 aliphatic heterocycles. The van der Waals surface area contributed by atoms with Crippen molar-refractivity contribution < 1.29 is 19.7 Å². The molecule has 282 valence electrons. The number of ether oxygens (including phenoxy) is 2. The lowest BCUT2D eigenvalue weighted by atomic mass is 9.77. The van der Waals surface area contributed by atoms with Gasteiger partial charge in [0.2, 0.25) is 0 Å². The molecule has 2 aromatic heterocycles. The van der Waals surface area contributed by atoms with Gasteiger partial charge in [-0.2, -0.15) is 0 Å². The molecule has 0 spiro atoms. The zero-order chi connectivity index (χ0) is 38.7. The highest BCUT2D eigenvalue weighted by Gasteiger charge is 2.47. The first-order valence-corrected chi connectivity index (χ1v) is 19.0. The van der Waals surface area contributed by atoms with E-state index < -0.39 is 35.7 Å². The Hall–Kier alpha value is -6.49. The summed E-state index contributed by atoms with van der Waals surface area (Å²) < 4.78 is 15.2. The number of rotatable bonds is 12. The third kappa shape index (κ3) is 6.46. The molecule has 9 rings (SSSR count). The van der Waals surface area contributed by atoms with Gasteiger partial charge in [0.15, 0.2) is 23.2 Å². The molecule has 8 aromatic rings. The van der Waals surface area contributed by atoms with Crippen molar-refractivity contribution in [2.75, 3.05) is 11.9 Å². The summed E-state index contributed by atoms with van der Waals surface area (Å²) in [6, 6.07) is 60.8. The molecule has 0 saturated carbocycles. The quantitative estimate of drug-likeness (QED) is 0.108. The van der Waals surface area contributed by atoms with E-state index in [0.717, 1.165) is 33.4 Å². The van der Waals surface area contributed by atoms with Crippen molar-refractivity contribution in [3.63, 3.8) is 0 Å². The average molecular weight is 752 g/mol. The highest BCUT2D eigenvalue weighted by atomic mass is 16.6. The van der Waals surface area contributed by atoms with Gasteiger partial charge in [-0.25, -0.2) is 15.0 Å². The monoisotopic (exact) mass is 751 g/mol. The first-order chi connectivity index (χ1) is 28.1. The van der Waals surface area contributed by atoms with Gasteiger partial charge in [0.05, 0.1) is 12.9 Å². The maximum Gasteiger partial charge on any atom is 0.167 e. The van der Waals surface area contributed by atoms with E-state index in [1.165, 1.54) is 6.33 Å². The summed E-state index contributed by atoms with van der Waals surface area (Å²) in [5.74, 6) is 0.488. The summed E-state index contributed by atoms with van der Waals surface area (Å²) >= 11 is 0. The zero-order valence-corrected chi connectivity index (χ0v) is 31.0. The highest BCUT2D eigenvalue weighted by Crippen LogP contribution is 2.43. The van der Waals surface area contributed by atoms with Gasteiger partial charge in [-0.05, 0) is 33.4 Å². The van der Waals surface area contributed by atoms with Crippen LogP contribution in [0.1, 0.15) is 39.6 Å². The summed E-state index contributed by atoms with van der Waals surface area (Å²) in [6.45, 7) is -0.0322. The van der Waals surface area contributed by atoms with Crippen molar-refractivity contribution in [3.05, 3.63) is 228 Å². The molecule has 4 atom stereocenters. The van der Waals surface area contributed by atoms with Gasteiger partial charge in [0.1, 0.15) is 35.8 Å². The van der Waals surface area contributed by atoms with E-state index in [0.29, 0.717) is 17.0 Å². The van der Waals surface area contributed by atoms with E-state index in [2.05, 4.69) is 46.7 Å². The number of aliphatic hydroxyl groups is 2. The van der Waals surface area contributed by atoms with Crippen LogP contribution in [-0.4, -0.2) is 54.7 Å². The summed E-state index contributed by atoms with van der Waals surface area (Å²) in [6.07, 6.45) is -1.43. The fourth-order valence-electron chi connectivity index (χ4n) is 8.16. The van der Waals surface area contributed by atoms with Crippen LogP contribution in [0.2, 0.25) is 0 Å². The van der Waals surface area contributed by atoms with Crippen molar-refractivity contribution in [2.45, 2.75) is 35.7 Å². The predicted octanol–water partition coefficient (Wildman–Crippen LogP) is 7.86. The van der Waals surface area contributed by atoms with Crippen LogP contribution >= 0.6 is 0 Å². The van der Waals surface area contributed by atoms with Gasteiger partial charge in [-0.3, -0.25) is 4.57 Å². The van der Waals surface area contributed by atoms with Crippen LogP contribution in [0.4, 0.5) is 5.82 Å². The molecule has 1 saturated heterocycles. The van der Waals surface area contributed by atoms with E-state index in [4.69, 9.17) is 19.4 Å². The lowest BCUT2D eigenvalue weighted by Crippen LogP contribution is -2.39. The molecular weight excluding hydrogens is 711 g/mol. The minimum Gasteiger partial charge on any atom is -0.387 e. The van der Waals surface area contributed by atoms with Crippen molar-refractivity contribution in [2.24, 2.45) is 0 Å². The van der Waals surface area contributed by atoms with Crippen molar-refractivity contribution in [1.29, 1.82) is 0 Å². The summed E-state index contributed by atoms with van der Waals surface area (Å²) in [4.78, 5) is 14.1. The molecule has 1 fully saturated rings. The smallest absolute Gasteiger partial charge is 0.167 e. The van der Waals surface area contributed by atoms with Crippen molar-refractivity contribution in [3.8, 4) is 0 Å². The van der Waals surface area contributed by atoms with Crippen LogP contribution in [0.25, 0.3) is 11.2 Å². The molecule has 0 aliphatic carbocycles. The van der Waals surface area contributed by atoms with Crippen molar-refractivity contribution >= 4 is 17.0 Å². The molecule has 6 aromatic carbocycles. The normalized spacial score (nSPS) is 18.4. The number of hydrogen-bond donors (Lipinski definition) is 3. The lowest BCUT2D eigenvalue weighted by molar-refractivity contribution is -0.0942. The Kier molecular flexibility index (Phi) is 9.88. The molecule has 3 N–H and O–H groups in total. The van der Waals surface area contributed by atoms with Gasteiger partial charge >= 0.3 is 0 Å². The van der Waals surface area contributed by atoms with Gasteiger partial charge < -0.3 is 25.0 Å². The molecule has 3 heterocycles. The van der Waals surface area contributed by atoms with E-state index in [-0.39, 0.29) is 6.61 Å². The molecule has 4 unspecified atom stereocenters. The molecule has 0 bridgehead atoms. The Morgan fingerprint density at radius 2 is 0.965 bits per heavy atom. The number of benzene rings is 6. The highest BCUT2D eigenvalue weighted by molar-refractivity contribution is 5.84. The van der Waals surface area contributed by atoms with Crippen LogP contribution in [0.3, 0.4) is 0 Å². The third-order valence-electron chi connectivity index (χ3n) is 10.9. The second-order valence-corrected chi connectivity index (χ2v) is 14.2. The first-order valence-electron chi connectivity index (χ1n) is 19.0. The number of anilines is 1. The Morgan fingerprint density at radius 3 is 1.40 bits per heavy atom. The first kappa shape index (κ1) is 36.2. The maximum atomic E-state index is 11.6. The van der Waals surface area contributed by atoms with Crippen LogP contribution in [-0.2, 0) is 20.6 Å². The number of aliphatic hydroxyl groups excluding tert-OH is 2. The standard InChI is InChI=1S/C48H41N5O4/c54-42-40(31-56-48(37-25-13-4-14-26-37,38-27-15-5-16-28-38)39-29-17-6-18-30-39)57-46(43(42)55)53-33-51-41-44(49-32-50-45(41)53)52-47(34-19-7-1-8-20-34,35-21-9-2-10-22-35)36-23-11-3-12-24-36/h1-30,32-33,40,42-43,46,54-55H,31H2,(H,49,50,52). The van der Waals surface area contributed by atoms with Gasteiger partial charge in [0.25, 0.3) is 0 Å². The molecular formula is C48H41N5O4. The second kappa shape index (κ2) is 15.6. The molecule has 1 aliphatic rings. The topological polar surface area (TPSA) is 115 Å². The third-order valence-corrected chi connectivity index (χ3v) is 10.9. The molecule has 9 nitrogen and oxygen atoms in total. The Bertz CT molecular complexity index is 2330. The van der Waals surface area contributed by atoms with Gasteiger partial charge in [-0.15, -0.1) is 0 Å². The number of aromatic nitrogens is 4. The van der Waals surface area contributed by atoms with E-state index in [9.17, 15) is 10.2 Å². The van der Waals surface area contributed by atoms with Crippen molar-refractivity contribution in [1.82, 2.24) is 19.5 Å². The fraction of sp³-hybridized carbons (Fsp3) is 0.146. The molecule has 0 radical (unpaired) electrons. The minimum atomic E-state index is -1.31. The summed E-state index contributed by atoms with van der Waals surface area (Å²) in [5, 5.41) is 27.0. The van der Waals surface area contributed by atoms with E-state index in [1.54, 1.807) is 10.9 Å². The molecule has 9 heteroatoms. The Morgan fingerprint density at radius 1 is 0.544 bits per heavy atom. The SMILES string of the molecule is OC1C(COC(c2ccccc2)(c2ccccc2)c2ccccc2)OC(n2cnc3c(NC(c4ccccc4)(c4ccccc4)c4ccccc4)ncnc32)C1O. The minimum absolute atomic E-state index is 0.0322. The maximum absolute atomic E-state index is 11.6. The number of nitrogens with zero attached hydrogens (tertiary/aromatic N) is 4. The Labute approximate surface area is 330 Å². The van der Waals surface area contributed by atoms with E-state index in [1.807, 2.05) is 146 Å². The number of nitrogens with one attached hydrogen (secondary N) is 1. The number of imidazole rings is 1. The van der Waals surface area contributed by atoms with E-state index >= 15 is 0 Å². The largest absolute Gasteiger partial charge is 0.387 e. The Balaban J connectivity index is 1.07. The van der Waals surface area contributed by atoms with Crippen LogP contribution in [0.15, 0.2) is 195 Å². The second-order valence-electron chi connectivity index (χ2n) is 14.2. The number of hydrogen-bond acceptors (Lipinski definition) is 8. The molecule has 0 amide bonds. The fourth-order valence-corrected chi connectivity index (χ4v) is 8.16. The summed E-state index contributed by atoms with van der Waals surface area (Å²) in [7, 11) is 0.